The third-order valence-corrected chi connectivity index (χ3v) is 8.28. The number of hydrogen-bond donors (Lipinski definition) is 1. The summed E-state index contributed by atoms with van der Waals surface area (Å²) < 4.78 is 29.9. The number of hydrogen-bond acceptors (Lipinski definition) is 4. The molecule has 2 aliphatic carbocycles. The molecule has 1 aromatic heterocycles. The first-order chi connectivity index (χ1) is 16.3. The highest BCUT2D eigenvalue weighted by atomic mass is 19.1. The van der Waals surface area contributed by atoms with E-state index in [0.717, 1.165) is 30.4 Å². The van der Waals surface area contributed by atoms with Crippen molar-refractivity contribution in [1.29, 1.82) is 0 Å². The molecule has 2 saturated carbocycles. The number of halogens is 2. The van der Waals surface area contributed by atoms with Crippen LogP contribution in [0.5, 0.6) is 0 Å². The zero-order valence-corrected chi connectivity index (χ0v) is 20.7. The lowest BCUT2D eigenvalue weighted by Gasteiger charge is -2.39. The average molecular weight is 475 g/mol. The molecule has 2 aliphatic rings. The molecule has 0 saturated heterocycles. The molecule has 188 valence electrons. The van der Waals surface area contributed by atoms with Crippen LogP contribution in [0.4, 0.5) is 8.78 Å². The van der Waals surface area contributed by atoms with Crippen LogP contribution in [0.25, 0.3) is 0 Å². The van der Waals surface area contributed by atoms with Crippen molar-refractivity contribution in [1.82, 2.24) is 19.7 Å². The predicted octanol–water partition coefficient (Wildman–Crippen LogP) is 5.40. The van der Waals surface area contributed by atoms with E-state index >= 15 is 0 Å². The van der Waals surface area contributed by atoms with Gasteiger partial charge in [0, 0.05) is 24.7 Å². The number of nitrogens with zero attached hydrogens (tertiary/aromatic N) is 4. The molecule has 7 heteroatoms. The normalized spacial score (nSPS) is 27.9. The van der Waals surface area contributed by atoms with Crippen LogP contribution in [0.1, 0.15) is 70.3 Å². The molecule has 0 bridgehead atoms. The molecular weight excluding hydrogens is 434 g/mol. The molecule has 5 atom stereocenters. The second-order valence-electron chi connectivity index (χ2n) is 11.0. The standard InChI is InChI=1S/C27H40F2N4O/c1-20-6-5-9-24-21(11-10-20)7-3-4-8-22(24)15-32(2)16-27(34,17-33-19-30-18-31-33)25-13-12-23(28)14-26(25)29/h12-14,18-22,24,34H,3-11,15-17H2,1-2H3. The van der Waals surface area contributed by atoms with Crippen molar-refractivity contribution in [2.45, 2.75) is 76.9 Å². The van der Waals surface area contributed by atoms with Crippen LogP contribution in [0.3, 0.4) is 0 Å². The van der Waals surface area contributed by atoms with Gasteiger partial charge in [-0.05, 0) is 56.0 Å². The Kier molecular flexibility index (Phi) is 8.35. The summed E-state index contributed by atoms with van der Waals surface area (Å²) in [5.41, 5.74) is -1.46. The van der Waals surface area contributed by atoms with Crippen LogP contribution in [0.2, 0.25) is 0 Å². The van der Waals surface area contributed by atoms with E-state index in [1.165, 1.54) is 87.3 Å². The first-order valence-electron chi connectivity index (χ1n) is 13.0. The van der Waals surface area contributed by atoms with Crippen molar-refractivity contribution in [2.75, 3.05) is 20.1 Å². The minimum absolute atomic E-state index is 0.0501. The Labute approximate surface area is 202 Å². The van der Waals surface area contributed by atoms with E-state index in [4.69, 9.17) is 0 Å². The Balaban J connectivity index is 1.52. The SMILES string of the molecule is CC1CCCC2C(CCCCC2CN(C)CC(O)(Cn2cncn2)c2ccc(F)cc2F)CC1. The minimum atomic E-state index is -1.55. The van der Waals surface area contributed by atoms with Gasteiger partial charge in [-0.25, -0.2) is 18.4 Å². The van der Waals surface area contributed by atoms with Crippen LogP contribution in [-0.4, -0.2) is 44.9 Å². The van der Waals surface area contributed by atoms with Gasteiger partial charge >= 0.3 is 0 Å². The maximum atomic E-state index is 14.8. The van der Waals surface area contributed by atoms with Gasteiger partial charge in [-0.1, -0.05) is 51.5 Å². The lowest BCUT2D eigenvalue weighted by Crippen LogP contribution is -2.45. The lowest BCUT2D eigenvalue weighted by molar-refractivity contribution is -0.0220. The molecular formula is C27H40F2N4O. The first-order valence-corrected chi connectivity index (χ1v) is 13.0. The predicted molar refractivity (Wildman–Crippen MR) is 129 cm³/mol. The summed E-state index contributed by atoms with van der Waals surface area (Å²) in [5, 5.41) is 15.9. The highest BCUT2D eigenvalue weighted by Crippen LogP contribution is 2.42. The Morgan fingerprint density at radius 3 is 2.68 bits per heavy atom. The number of likely N-dealkylation sites (N-methyl/N-ethyl adjacent to an activating group) is 1. The van der Waals surface area contributed by atoms with Crippen molar-refractivity contribution >= 4 is 0 Å². The molecule has 34 heavy (non-hydrogen) atoms. The van der Waals surface area contributed by atoms with Crippen LogP contribution in [0, 0.1) is 35.3 Å². The highest BCUT2D eigenvalue weighted by molar-refractivity contribution is 5.25. The monoisotopic (exact) mass is 474 g/mol. The number of benzene rings is 1. The van der Waals surface area contributed by atoms with E-state index in [0.29, 0.717) is 5.92 Å². The molecule has 0 amide bonds. The molecule has 2 aromatic rings. The molecule has 0 spiro atoms. The van der Waals surface area contributed by atoms with Gasteiger partial charge in [0.2, 0.25) is 0 Å². The fourth-order valence-corrected chi connectivity index (χ4v) is 6.61. The van der Waals surface area contributed by atoms with Gasteiger partial charge < -0.3 is 10.0 Å². The van der Waals surface area contributed by atoms with Gasteiger partial charge in [-0.3, -0.25) is 0 Å². The van der Waals surface area contributed by atoms with E-state index in [1.54, 1.807) is 0 Å². The number of rotatable bonds is 7. The topological polar surface area (TPSA) is 54.2 Å². The molecule has 1 heterocycles. The summed E-state index contributed by atoms with van der Waals surface area (Å²) in [7, 11) is 2.01. The van der Waals surface area contributed by atoms with Gasteiger partial charge in [0.1, 0.15) is 29.9 Å². The second-order valence-corrected chi connectivity index (χ2v) is 11.0. The van der Waals surface area contributed by atoms with Crippen LogP contribution < -0.4 is 0 Å². The van der Waals surface area contributed by atoms with Crippen LogP contribution in [0.15, 0.2) is 30.9 Å². The third kappa shape index (κ3) is 6.22. The lowest BCUT2D eigenvalue weighted by atomic mass is 9.72. The van der Waals surface area contributed by atoms with E-state index < -0.39 is 17.2 Å². The molecule has 1 aromatic carbocycles. The Bertz CT molecular complexity index is 908. The summed E-state index contributed by atoms with van der Waals surface area (Å²) in [6.45, 7) is 3.56. The molecule has 0 aliphatic heterocycles. The molecule has 5 unspecified atom stereocenters. The Morgan fingerprint density at radius 1 is 1.09 bits per heavy atom. The van der Waals surface area contributed by atoms with E-state index in [9.17, 15) is 13.9 Å². The number of aliphatic hydroxyl groups is 1. The summed E-state index contributed by atoms with van der Waals surface area (Å²) in [4.78, 5) is 6.11. The second kappa shape index (κ2) is 11.3. The minimum Gasteiger partial charge on any atom is -0.382 e. The molecule has 2 fully saturated rings. The van der Waals surface area contributed by atoms with Gasteiger partial charge in [-0.15, -0.1) is 0 Å². The Hall–Kier alpha value is -1.86. The van der Waals surface area contributed by atoms with Gasteiger partial charge in [0.15, 0.2) is 0 Å². The van der Waals surface area contributed by atoms with Gasteiger partial charge in [-0.2, -0.15) is 5.10 Å². The molecule has 4 rings (SSSR count). The summed E-state index contributed by atoms with van der Waals surface area (Å²) in [6, 6.07) is 3.40. The molecule has 5 nitrogen and oxygen atoms in total. The fourth-order valence-electron chi connectivity index (χ4n) is 6.61. The quantitative estimate of drug-likeness (QED) is 0.584. The zero-order valence-electron chi connectivity index (χ0n) is 20.7. The van der Waals surface area contributed by atoms with E-state index in [-0.39, 0.29) is 18.7 Å². The Morgan fingerprint density at radius 2 is 1.91 bits per heavy atom. The summed E-state index contributed by atoms with van der Waals surface area (Å²) in [6.07, 6.45) is 14.6. The van der Waals surface area contributed by atoms with E-state index in [1.807, 2.05) is 7.05 Å². The van der Waals surface area contributed by atoms with Crippen molar-refractivity contribution in [3.8, 4) is 0 Å². The summed E-state index contributed by atoms with van der Waals surface area (Å²) in [5.74, 6) is 1.55. The van der Waals surface area contributed by atoms with Crippen molar-refractivity contribution in [3.05, 3.63) is 48.1 Å². The van der Waals surface area contributed by atoms with Crippen LogP contribution >= 0.6 is 0 Å². The maximum Gasteiger partial charge on any atom is 0.137 e. The largest absolute Gasteiger partial charge is 0.382 e. The van der Waals surface area contributed by atoms with Crippen molar-refractivity contribution in [2.24, 2.45) is 23.7 Å². The number of aromatic nitrogens is 3. The molecule has 1 N–H and O–H groups in total. The fraction of sp³-hybridized carbons (Fsp3) is 0.704. The van der Waals surface area contributed by atoms with Crippen molar-refractivity contribution < 1.29 is 13.9 Å². The first kappa shape index (κ1) is 25.2. The third-order valence-electron chi connectivity index (χ3n) is 8.28. The number of fused-ring (bicyclic) bond motifs is 1. The average Bonchev–Trinajstić information content (AvgIpc) is 3.19. The summed E-state index contributed by atoms with van der Waals surface area (Å²) >= 11 is 0. The van der Waals surface area contributed by atoms with Crippen LogP contribution in [-0.2, 0) is 12.1 Å². The highest BCUT2D eigenvalue weighted by Gasteiger charge is 2.37. The maximum absolute atomic E-state index is 14.8. The smallest absolute Gasteiger partial charge is 0.137 e. The van der Waals surface area contributed by atoms with Crippen molar-refractivity contribution in [3.63, 3.8) is 0 Å². The van der Waals surface area contributed by atoms with Gasteiger partial charge in [0.25, 0.3) is 0 Å². The van der Waals surface area contributed by atoms with Gasteiger partial charge in [0.05, 0.1) is 6.54 Å². The van der Waals surface area contributed by atoms with E-state index in [2.05, 4.69) is 21.9 Å². The zero-order chi connectivity index (χ0) is 24.1. The molecule has 0 radical (unpaired) electrons.